The Balaban J connectivity index is 1.58. The fraction of sp³-hybridized carbons (Fsp3) is 0.364. The second-order valence-corrected chi connectivity index (χ2v) is 7.86. The van der Waals surface area contributed by atoms with Crippen molar-refractivity contribution in [2.24, 2.45) is 0 Å². The number of carbonyl (C=O) groups excluding carboxylic acids is 1. The minimum atomic E-state index is -0.0771. The Kier molecular flexibility index (Phi) is 5.36. The Hall–Kier alpha value is -3.00. The van der Waals surface area contributed by atoms with Gasteiger partial charge in [0.25, 0.3) is 0 Å². The zero-order valence-corrected chi connectivity index (χ0v) is 16.2. The summed E-state index contributed by atoms with van der Waals surface area (Å²) in [6.07, 6.45) is 0. The molecule has 0 unspecified atom stereocenters. The number of piperazine rings is 1. The van der Waals surface area contributed by atoms with Crippen molar-refractivity contribution in [3.8, 4) is 6.07 Å². The van der Waals surface area contributed by atoms with Gasteiger partial charge in [0.1, 0.15) is 6.07 Å². The van der Waals surface area contributed by atoms with Gasteiger partial charge in [0.2, 0.25) is 0 Å². The number of nitrogens with one attached hydrogen (secondary N) is 1. The van der Waals surface area contributed by atoms with Crippen molar-refractivity contribution >= 4 is 17.4 Å². The molecule has 1 N–H and O–H groups in total. The van der Waals surface area contributed by atoms with E-state index in [0.717, 1.165) is 24.5 Å². The van der Waals surface area contributed by atoms with E-state index in [1.54, 1.807) is 0 Å². The maximum absolute atomic E-state index is 12.6. The standard InChI is InChI=1S/C22H26N4O/c1-22(2,3)18-8-10-19(11-9-18)24-21(27)26-14-12-25(13-15-26)20-7-5-4-6-17(20)16-23/h4-11H,12-15H2,1-3H3,(H,24,27). The molecule has 0 spiro atoms. The summed E-state index contributed by atoms with van der Waals surface area (Å²) in [4.78, 5) is 16.5. The average molecular weight is 362 g/mol. The highest BCUT2D eigenvalue weighted by atomic mass is 16.2. The molecule has 1 fully saturated rings. The van der Waals surface area contributed by atoms with Crippen LogP contribution in [0.5, 0.6) is 0 Å². The van der Waals surface area contributed by atoms with Crippen molar-refractivity contribution in [2.45, 2.75) is 26.2 Å². The SMILES string of the molecule is CC(C)(C)c1ccc(NC(=O)N2CCN(c3ccccc3C#N)CC2)cc1. The van der Waals surface area contributed by atoms with Crippen molar-refractivity contribution in [3.63, 3.8) is 0 Å². The highest BCUT2D eigenvalue weighted by Crippen LogP contribution is 2.24. The highest BCUT2D eigenvalue weighted by molar-refractivity contribution is 5.89. The van der Waals surface area contributed by atoms with E-state index in [4.69, 9.17) is 0 Å². The van der Waals surface area contributed by atoms with E-state index >= 15 is 0 Å². The summed E-state index contributed by atoms with van der Waals surface area (Å²) in [6.45, 7) is 9.21. The Morgan fingerprint density at radius 3 is 2.22 bits per heavy atom. The van der Waals surface area contributed by atoms with Gasteiger partial charge < -0.3 is 15.1 Å². The predicted octanol–water partition coefficient (Wildman–Crippen LogP) is 4.21. The number of para-hydroxylation sites is 1. The summed E-state index contributed by atoms with van der Waals surface area (Å²) >= 11 is 0. The van der Waals surface area contributed by atoms with Gasteiger partial charge in [-0.3, -0.25) is 0 Å². The number of nitrogens with zero attached hydrogens (tertiary/aromatic N) is 3. The summed E-state index contributed by atoms with van der Waals surface area (Å²) in [7, 11) is 0. The molecule has 2 aromatic carbocycles. The minimum absolute atomic E-state index is 0.0771. The van der Waals surface area contributed by atoms with Crippen LogP contribution in [0.25, 0.3) is 0 Å². The van der Waals surface area contributed by atoms with Crippen molar-refractivity contribution < 1.29 is 4.79 Å². The first-order valence-corrected chi connectivity index (χ1v) is 9.29. The molecule has 27 heavy (non-hydrogen) atoms. The lowest BCUT2D eigenvalue weighted by Crippen LogP contribution is -2.50. The first-order valence-electron chi connectivity index (χ1n) is 9.29. The summed E-state index contributed by atoms with van der Waals surface area (Å²) in [5.41, 5.74) is 3.76. The number of nitriles is 1. The van der Waals surface area contributed by atoms with Crippen LogP contribution in [0.1, 0.15) is 31.9 Å². The van der Waals surface area contributed by atoms with Crippen LogP contribution in [-0.4, -0.2) is 37.1 Å². The first kappa shape index (κ1) is 18.8. The number of hydrogen-bond acceptors (Lipinski definition) is 3. The Bertz CT molecular complexity index is 838. The quantitative estimate of drug-likeness (QED) is 0.870. The van der Waals surface area contributed by atoms with Gasteiger partial charge in [-0.15, -0.1) is 0 Å². The second-order valence-electron chi connectivity index (χ2n) is 7.86. The van der Waals surface area contributed by atoms with Crippen molar-refractivity contribution in [1.29, 1.82) is 5.26 Å². The van der Waals surface area contributed by atoms with Crippen LogP contribution in [0, 0.1) is 11.3 Å². The van der Waals surface area contributed by atoms with E-state index in [9.17, 15) is 10.1 Å². The van der Waals surface area contributed by atoms with Crippen molar-refractivity contribution in [2.75, 3.05) is 36.4 Å². The van der Waals surface area contributed by atoms with Gasteiger partial charge in [0.15, 0.2) is 0 Å². The molecule has 3 rings (SSSR count). The molecule has 0 aromatic heterocycles. The van der Waals surface area contributed by atoms with Gasteiger partial charge in [0.05, 0.1) is 11.3 Å². The summed E-state index contributed by atoms with van der Waals surface area (Å²) in [6, 6.07) is 17.8. The normalized spacial score (nSPS) is 14.6. The number of carbonyl (C=O) groups is 1. The Morgan fingerprint density at radius 2 is 1.63 bits per heavy atom. The molecule has 2 aromatic rings. The molecule has 5 nitrogen and oxygen atoms in total. The van der Waals surface area contributed by atoms with Gasteiger partial charge in [-0.1, -0.05) is 45.0 Å². The minimum Gasteiger partial charge on any atom is -0.367 e. The lowest BCUT2D eigenvalue weighted by atomic mass is 9.87. The van der Waals surface area contributed by atoms with E-state index in [2.05, 4.69) is 49.2 Å². The zero-order valence-electron chi connectivity index (χ0n) is 16.2. The zero-order chi connectivity index (χ0) is 19.4. The van der Waals surface area contributed by atoms with Crippen LogP contribution in [-0.2, 0) is 5.41 Å². The van der Waals surface area contributed by atoms with Crippen molar-refractivity contribution in [1.82, 2.24) is 4.90 Å². The average Bonchev–Trinajstić information content (AvgIpc) is 2.68. The molecule has 0 bridgehead atoms. The third-order valence-electron chi connectivity index (χ3n) is 4.93. The maximum atomic E-state index is 12.6. The Labute approximate surface area is 161 Å². The van der Waals surface area contributed by atoms with Crippen LogP contribution in [0.15, 0.2) is 48.5 Å². The molecule has 1 heterocycles. The van der Waals surface area contributed by atoms with Crippen LogP contribution < -0.4 is 10.2 Å². The number of urea groups is 1. The first-order chi connectivity index (χ1) is 12.9. The molecule has 140 valence electrons. The van der Waals surface area contributed by atoms with Gasteiger partial charge in [-0.05, 0) is 35.2 Å². The van der Waals surface area contributed by atoms with Crippen molar-refractivity contribution in [3.05, 3.63) is 59.7 Å². The molecule has 1 aliphatic rings. The van der Waals surface area contributed by atoms with Gasteiger partial charge in [-0.2, -0.15) is 5.26 Å². The van der Waals surface area contributed by atoms with Gasteiger partial charge >= 0.3 is 6.03 Å². The van der Waals surface area contributed by atoms with Gasteiger partial charge in [-0.25, -0.2) is 4.79 Å². The largest absolute Gasteiger partial charge is 0.367 e. The number of hydrogen-bond donors (Lipinski definition) is 1. The Morgan fingerprint density at radius 1 is 1.00 bits per heavy atom. The summed E-state index contributed by atoms with van der Waals surface area (Å²) in [5.74, 6) is 0. The molecule has 5 heteroatoms. The number of benzene rings is 2. The lowest BCUT2D eigenvalue weighted by molar-refractivity contribution is 0.208. The van der Waals surface area contributed by atoms with E-state index in [1.165, 1.54) is 5.56 Å². The molecular weight excluding hydrogens is 336 g/mol. The maximum Gasteiger partial charge on any atom is 0.321 e. The molecular formula is C22H26N4O. The number of amides is 2. The van der Waals surface area contributed by atoms with E-state index in [-0.39, 0.29) is 11.4 Å². The molecule has 1 saturated heterocycles. The number of anilines is 2. The summed E-state index contributed by atoms with van der Waals surface area (Å²) < 4.78 is 0. The van der Waals surface area contributed by atoms with Gasteiger partial charge in [0, 0.05) is 31.9 Å². The smallest absolute Gasteiger partial charge is 0.321 e. The third-order valence-corrected chi connectivity index (χ3v) is 4.93. The van der Waals surface area contributed by atoms with Crippen LogP contribution >= 0.6 is 0 Å². The highest BCUT2D eigenvalue weighted by Gasteiger charge is 2.22. The fourth-order valence-electron chi connectivity index (χ4n) is 3.25. The topological polar surface area (TPSA) is 59.4 Å². The molecule has 0 aliphatic carbocycles. The van der Waals surface area contributed by atoms with E-state index < -0.39 is 0 Å². The monoisotopic (exact) mass is 362 g/mol. The second kappa shape index (κ2) is 7.71. The third kappa shape index (κ3) is 4.40. The molecule has 0 radical (unpaired) electrons. The fourth-order valence-corrected chi connectivity index (χ4v) is 3.25. The lowest BCUT2D eigenvalue weighted by Gasteiger charge is -2.36. The van der Waals surface area contributed by atoms with E-state index in [1.807, 2.05) is 41.3 Å². The predicted molar refractivity (Wildman–Crippen MR) is 109 cm³/mol. The van der Waals surface area contributed by atoms with Crippen LogP contribution in [0.3, 0.4) is 0 Å². The summed E-state index contributed by atoms with van der Waals surface area (Å²) in [5, 5.41) is 12.3. The molecule has 2 amide bonds. The van der Waals surface area contributed by atoms with Crippen LogP contribution in [0.4, 0.5) is 16.2 Å². The van der Waals surface area contributed by atoms with E-state index in [0.29, 0.717) is 18.7 Å². The molecule has 0 saturated carbocycles. The number of rotatable bonds is 2. The van der Waals surface area contributed by atoms with Crippen LogP contribution in [0.2, 0.25) is 0 Å². The molecule has 0 atom stereocenters. The molecule has 1 aliphatic heterocycles.